The first-order chi connectivity index (χ1) is 11.1. The summed E-state index contributed by atoms with van der Waals surface area (Å²) in [5, 5.41) is 16.5. The fourth-order valence-electron chi connectivity index (χ4n) is 2.77. The molecule has 0 unspecified atom stereocenters. The van der Waals surface area contributed by atoms with Crippen LogP contribution in [0.2, 0.25) is 0 Å². The van der Waals surface area contributed by atoms with Gasteiger partial charge in [-0.3, -0.25) is 9.59 Å². The monoisotopic (exact) mass is 339 g/mol. The fraction of sp³-hybridized carbons (Fsp3) is 0.688. The molecule has 1 amide bonds. The number of rotatable bonds is 7. The Morgan fingerprint density at radius 2 is 2.22 bits per heavy atom. The van der Waals surface area contributed by atoms with Crippen LogP contribution in [-0.4, -0.2) is 45.5 Å². The molecule has 1 heterocycles. The quantitative estimate of drug-likeness (QED) is 0.716. The van der Waals surface area contributed by atoms with E-state index in [4.69, 9.17) is 0 Å². The molecule has 1 aliphatic rings. The summed E-state index contributed by atoms with van der Waals surface area (Å²) in [6.07, 6.45) is 7.76. The van der Waals surface area contributed by atoms with Gasteiger partial charge in [-0.1, -0.05) is 6.42 Å². The Balaban J connectivity index is 2.03. The summed E-state index contributed by atoms with van der Waals surface area (Å²) in [6, 6.07) is 1.35. The molecule has 1 atom stereocenters. The van der Waals surface area contributed by atoms with Gasteiger partial charge in [0.2, 0.25) is 5.91 Å². The first-order valence-corrected chi connectivity index (χ1v) is 9.52. The van der Waals surface area contributed by atoms with Gasteiger partial charge in [0.1, 0.15) is 6.54 Å². The molecule has 7 heteroatoms. The summed E-state index contributed by atoms with van der Waals surface area (Å²) in [4.78, 5) is 24.2. The number of hydrogen-bond donors (Lipinski definition) is 2. The third kappa shape index (κ3) is 5.35. The minimum absolute atomic E-state index is 0.0954. The maximum Gasteiger partial charge on any atom is 0.267 e. The number of nitrogens with one attached hydrogen (secondary N) is 1. The second kappa shape index (κ2) is 9.08. The van der Waals surface area contributed by atoms with Gasteiger partial charge in [0.15, 0.2) is 0 Å². The highest BCUT2D eigenvalue weighted by Crippen LogP contribution is 2.16. The van der Waals surface area contributed by atoms with Crippen molar-refractivity contribution >= 4 is 17.7 Å². The van der Waals surface area contributed by atoms with Crippen molar-refractivity contribution in [2.75, 3.05) is 18.6 Å². The predicted octanol–water partition coefficient (Wildman–Crippen LogP) is 0.742. The fourth-order valence-corrected chi connectivity index (χ4v) is 3.29. The molecule has 0 aromatic carbocycles. The lowest BCUT2D eigenvalue weighted by atomic mass is 10.1. The number of hydrogen-bond acceptors (Lipinski definition) is 5. The number of aliphatic hydroxyl groups is 1. The van der Waals surface area contributed by atoms with Crippen LogP contribution in [0, 0.1) is 0 Å². The number of fused-ring (bicyclic) bond motifs is 1. The zero-order valence-corrected chi connectivity index (χ0v) is 14.4. The maximum absolute atomic E-state index is 12.1. The van der Waals surface area contributed by atoms with Crippen molar-refractivity contribution in [2.24, 2.45) is 0 Å². The Labute approximate surface area is 140 Å². The van der Waals surface area contributed by atoms with Crippen molar-refractivity contribution in [1.82, 2.24) is 15.1 Å². The van der Waals surface area contributed by atoms with E-state index in [1.807, 2.05) is 6.26 Å². The molecule has 23 heavy (non-hydrogen) atoms. The number of aromatic nitrogens is 2. The lowest BCUT2D eigenvalue weighted by Gasteiger charge is -2.16. The molecule has 0 saturated carbocycles. The van der Waals surface area contributed by atoms with E-state index in [9.17, 15) is 14.7 Å². The molecule has 2 N–H and O–H groups in total. The van der Waals surface area contributed by atoms with Gasteiger partial charge in [0, 0.05) is 6.07 Å². The summed E-state index contributed by atoms with van der Waals surface area (Å²) in [5.74, 6) is 0.580. The van der Waals surface area contributed by atoms with E-state index in [0.29, 0.717) is 6.42 Å². The van der Waals surface area contributed by atoms with Gasteiger partial charge in [-0.2, -0.15) is 16.9 Å². The molecule has 6 nitrogen and oxygen atoms in total. The van der Waals surface area contributed by atoms with Crippen LogP contribution in [0.1, 0.15) is 36.9 Å². The molecule has 128 valence electrons. The van der Waals surface area contributed by atoms with Crippen LogP contribution in [0.4, 0.5) is 0 Å². The highest BCUT2D eigenvalue weighted by Gasteiger charge is 2.15. The van der Waals surface area contributed by atoms with E-state index in [0.717, 1.165) is 49.1 Å². The SMILES string of the molecule is CSCC[C@H](CO)NC(=O)Cn1nc2c(cc1=O)CCCCC2. The average molecular weight is 339 g/mol. The maximum atomic E-state index is 12.1. The van der Waals surface area contributed by atoms with Crippen molar-refractivity contribution in [3.63, 3.8) is 0 Å². The highest BCUT2D eigenvalue weighted by atomic mass is 32.2. The Morgan fingerprint density at radius 1 is 1.43 bits per heavy atom. The second-order valence-corrected chi connectivity index (χ2v) is 6.89. The van der Waals surface area contributed by atoms with Gasteiger partial charge in [-0.25, -0.2) is 4.68 Å². The minimum Gasteiger partial charge on any atom is -0.394 e. The van der Waals surface area contributed by atoms with Crippen molar-refractivity contribution in [3.05, 3.63) is 27.7 Å². The Morgan fingerprint density at radius 3 is 2.96 bits per heavy atom. The normalized spacial score (nSPS) is 15.6. The van der Waals surface area contributed by atoms with Crippen LogP contribution in [0.15, 0.2) is 10.9 Å². The molecular weight excluding hydrogens is 314 g/mol. The molecule has 0 fully saturated rings. The molecular formula is C16H25N3O3S. The summed E-state index contributed by atoms with van der Waals surface area (Å²) in [5.41, 5.74) is 1.74. The van der Waals surface area contributed by atoms with Crippen molar-refractivity contribution in [1.29, 1.82) is 0 Å². The molecule has 1 aromatic rings. The number of carbonyl (C=O) groups is 1. The number of aliphatic hydroxyl groups excluding tert-OH is 1. The largest absolute Gasteiger partial charge is 0.394 e. The highest BCUT2D eigenvalue weighted by molar-refractivity contribution is 7.98. The van der Waals surface area contributed by atoms with Gasteiger partial charge < -0.3 is 10.4 Å². The van der Waals surface area contributed by atoms with Crippen molar-refractivity contribution < 1.29 is 9.90 Å². The first kappa shape index (κ1) is 18.0. The lowest BCUT2D eigenvalue weighted by Crippen LogP contribution is -2.41. The van der Waals surface area contributed by atoms with Gasteiger partial charge in [0.25, 0.3) is 5.56 Å². The smallest absolute Gasteiger partial charge is 0.267 e. The number of carbonyl (C=O) groups excluding carboxylic acids is 1. The van der Waals surface area contributed by atoms with Gasteiger partial charge in [0.05, 0.1) is 18.3 Å². The zero-order chi connectivity index (χ0) is 16.7. The van der Waals surface area contributed by atoms with Crippen LogP contribution in [0.3, 0.4) is 0 Å². The Kier molecular flexibility index (Phi) is 7.11. The van der Waals surface area contributed by atoms with E-state index < -0.39 is 0 Å². The minimum atomic E-state index is -0.284. The van der Waals surface area contributed by atoms with Crippen molar-refractivity contribution in [3.8, 4) is 0 Å². The Hall–Kier alpha value is -1.34. The van der Waals surface area contributed by atoms with Gasteiger partial charge >= 0.3 is 0 Å². The van der Waals surface area contributed by atoms with Crippen LogP contribution in [-0.2, 0) is 24.2 Å². The third-order valence-electron chi connectivity index (χ3n) is 4.07. The average Bonchev–Trinajstić information content (AvgIpc) is 2.76. The number of aryl methyl sites for hydroxylation is 2. The van der Waals surface area contributed by atoms with E-state index in [2.05, 4.69) is 10.4 Å². The van der Waals surface area contributed by atoms with E-state index in [-0.39, 0.29) is 30.7 Å². The van der Waals surface area contributed by atoms with Gasteiger partial charge in [-0.15, -0.1) is 0 Å². The molecule has 1 aromatic heterocycles. The standard InChI is InChI=1S/C16H25N3O3S/c1-23-8-7-13(11-20)17-15(21)10-19-16(22)9-12-5-3-2-4-6-14(12)18-19/h9,13,20H,2-8,10-11H2,1H3,(H,17,21)/t13-/m1/s1. The van der Waals surface area contributed by atoms with E-state index >= 15 is 0 Å². The summed E-state index contributed by atoms with van der Waals surface area (Å²) < 4.78 is 1.24. The molecule has 0 saturated heterocycles. The van der Waals surface area contributed by atoms with Crippen LogP contribution in [0.5, 0.6) is 0 Å². The zero-order valence-electron chi connectivity index (χ0n) is 13.6. The molecule has 1 aliphatic carbocycles. The molecule has 0 bridgehead atoms. The number of amides is 1. The van der Waals surface area contributed by atoms with Crippen LogP contribution in [0.25, 0.3) is 0 Å². The Bertz CT molecular complexity index is 588. The number of nitrogens with zero attached hydrogens (tertiary/aromatic N) is 2. The van der Waals surface area contributed by atoms with Gasteiger partial charge in [-0.05, 0) is 49.7 Å². The summed E-state index contributed by atoms with van der Waals surface area (Å²) in [6.45, 7) is -0.194. The molecule has 0 radical (unpaired) electrons. The lowest BCUT2D eigenvalue weighted by molar-refractivity contribution is -0.123. The number of thioether (sulfide) groups is 1. The third-order valence-corrected chi connectivity index (χ3v) is 4.72. The topological polar surface area (TPSA) is 84.2 Å². The van der Waals surface area contributed by atoms with Crippen LogP contribution < -0.4 is 10.9 Å². The predicted molar refractivity (Wildman–Crippen MR) is 91.8 cm³/mol. The van der Waals surface area contributed by atoms with Crippen LogP contribution >= 0.6 is 11.8 Å². The molecule has 0 aliphatic heterocycles. The summed E-state index contributed by atoms with van der Waals surface area (Å²) in [7, 11) is 0. The second-order valence-electron chi connectivity index (χ2n) is 5.90. The molecule has 2 rings (SSSR count). The molecule has 0 spiro atoms. The van der Waals surface area contributed by atoms with Crippen molar-refractivity contribution in [2.45, 2.75) is 51.1 Å². The first-order valence-electron chi connectivity index (χ1n) is 8.13. The van der Waals surface area contributed by atoms with E-state index in [1.54, 1.807) is 17.8 Å². The van der Waals surface area contributed by atoms with E-state index in [1.165, 1.54) is 4.68 Å². The summed E-state index contributed by atoms with van der Waals surface area (Å²) >= 11 is 1.67.